The highest BCUT2D eigenvalue weighted by Gasteiger charge is 2.31. The molecule has 4 heterocycles. The fourth-order valence-corrected chi connectivity index (χ4v) is 4.43. The van der Waals surface area contributed by atoms with Crippen molar-refractivity contribution in [3.63, 3.8) is 0 Å². The van der Waals surface area contributed by atoms with Crippen LogP contribution in [-0.2, 0) is 17.8 Å². The lowest BCUT2D eigenvalue weighted by Crippen LogP contribution is -2.31. The molecule has 0 aliphatic carbocycles. The maximum atomic E-state index is 5.97. The molecule has 5 rings (SSSR count). The number of nitrogens with zero attached hydrogens (tertiary/aromatic N) is 4. The molecule has 1 aliphatic heterocycles. The Balaban J connectivity index is 1.85. The lowest BCUT2D eigenvalue weighted by molar-refractivity contribution is -0.0379. The lowest BCUT2D eigenvalue weighted by atomic mass is 9.94. The maximum Gasteiger partial charge on any atom is 0.168 e. The number of ether oxygens (including phenoxy) is 1. The molecule has 24 heavy (non-hydrogen) atoms. The monoisotopic (exact) mass is 336 g/mol. The molecule has 1 aromatic carbocycles. The molecule has 5 nitrogen and oxygen atoms in total. The zero-order valence-corrected chi connectivity index (χ0v) is 14.3. The van der Waals surface area contributed by atoms with Crippen molar-refractivity contribution in [3.8, 4) is 11.4 Å². The van der Waals surface area contributed by atoms with E-state index >= 15 is 0 Å². The predicted octanol–water partition coefficient (Wildman–Crippen LogP) is 3.86. The van der Waals surface area contributed by atoms with Gasteiger partial charge in [0.05, 0.1) is 17.6 Å². The van der Waals surface area contributed by atoms with E-state index < -0.39 is 0 Å². The molecule has 0 spiro atoms. The lowest BCUT2D eigenvalue weighted by Gasteiger charge is -2.30. The molecular formula is C18H16N4OS. The van der Waals surface area contributed by atoms with Crippen molar-refractivity contribution in [1.29, 1.82) is 0 Å². The van der Waals surface area contributed by atoms with Gasteiger partial charge in [0.2, 0.25) is 0 Å². The minimum absolute atomic E-state index is 0.157. The first-order valence-electron chi connectivity index (χ1n) is 7.96. The van der Waals surface area contributed by atoms with Crippen molar-refractivity contribution in [1.82, 2.24) is 19.6 Å². The van der Waals surface area contributed by atoms with Crippen LogP contribution in [0, 0.1) is 0 Å². The smallest absolute Gasteiger partial charge is 0.168 e. The minimum atomic E-state index is -0.157. The fraction of sp³-hybridized carbons (Fsp3) is 0.278. The van der Waals surface area contributed by atoms with Gasteiger partial charge in [0, 0.05) is 16.9 Å². The molecule has 0 atom stereocenters. The van der Waals surface area contributed by atoms with Gasteiger partial charge in [-0.1, -0.05) is 30.3 Å². The Labute approximate surface area is 142 Å². The van der Waals surface area contributed by atoms with E-state index in [4.69, 9.17) is 9.72 Å². The van der Waals surface area contributed by atoms with Crippen LogP contribution in [0.15, 0.2) is 36.7 Å². The van der Waals surface area contributed by atoms with Crippen LogP contribution in [0.5, 0.6) is 0 Å². The Kier molecular flexibility index (Phi) is 2.84. The summed E-state index contributed by atoms with van der Waals surface area (Å²) in [7, 11) is 0. The topological polar surface area (TPSA) is 52.3 Å². The highest BCUT2D eigenvalue weighted by molar-refractivity contribution is 7.19. The van der Waals surface area contributed by atoms with E-state index in [1.807, 2.05) is 22.7 Å². The summed E-state index contributed by atoms with van der Waals surface area (Å²) >= 11 is 1.71. The number of hydrogen-bond acceptors (Lipinski definition) is 5. The van der Waals surface area contributed by atoms with E-state index in [1.54, 1.807) is 17.7 Å². The first-order valence-corrected chi connectivity index (χ1v) is 8.77. The number of rotatable bonds is 1. The summed E-state index contributed by atoms with van der Waals surface area (Å²) in [6, 6.07) is 10.1. The summed E-state index contributed by atoms with van der Waals surface area (Å²) in [5.74, 6) is 0.828. The van der Waals surface area contributed by atoms with E-state index in [2.05, 4.69) is 36.1 Å². The molecule has 0 saturated heterocycles. The molecule has 0 amide bonds. The molecule has 0 unspecified atom stereocenters. The van der Waals surface area contributed by atoms with Gasteiger partial charge in [0.25, 0.3) is 0 Å². The maximum absolute atomic E-state index is 5.97. The van der Waals surface area contributed by atoms with Gasteiger partial charge >= 0.3 is 0 Å². The molecule has 0 N–H and O–H groups in total. The van der Waals surface area contributed by atoms with E-state index in [1.165, 1.54) is 10.4 Å². The van der Waals surface area contributed by atoms with Gasteiger partial charge in [-0.25, -0.2) is 9.97 Å². The summed E-state index contributed by atoms with van der Waals surface area (Å²) in [5.41, 5.74) is 3.08. The van der Waals surface area contributed by atoms with Crippen molar-refractivity contribution < 1.29 is 4.74 Å². The zero-order chi connectivity index (χ0) is 16.3. The van der Waals surface area contributed by atoms with E-state index in [0.717, 1.165) is 33.7 Å². The van der Waals surface area contributed by atoms with Gasteiger partial charge in [-0.2, -0.15) is 9.61 Å². The standard InChI is InChI=1S/C18H16N4OS/c1-18(2)8-12-13(9-23-18)24-17-14(12)16-19-10-20-22(16)15(21-17)11-6-4-3-5-7-11/h3-7,10H,8-9H2,1-2H3. The van der Waals surface area contributed by atoms with E-state index in [9.17, 15) is 0 Å². The molecule has 120 valence electrons. The summed E-state index contributed by atoms with van der Waals surface area (Å²) in [4.78, 5) is 11.7. The third kappa shape index (κ3) is 2.00. The van der Waals surface area contributed by atoms with Crippen LogP contribution >= 0.6 is 11.3 Å². The Hall–Kier alpha value is -2.31. The van der Waals surface area contributed by atoms with Crippen molar-refractivity contribution in [2.45, 2.75) is 32.5 Å². The van der Waals surface area contributed by atoms with Crippen LogP contribution in [0.2, 0.25) is 0 Å². The molecule has 1 aliphatic rings. The Morgan fingerprint density at radius 2 is 2.04 bits per heavy atom. The van der Waals surface area contributed by atoms with Gasteiger partial charge in [-0.15, -0.1) is 11.3 Å². The predicted molar refractivity (Wildman–Crippen MR) is 94.2 cm³/mol. The summed E-state index contributed by atoms with van der Waals surface area (Å²) < 4.78 is 7.82. The number of thiophene rings is 1. The summed E-state index contributed by atoms with van der Waals surface area (Å²) in [5, 5.41) is 5.55. The molecule has 4 aromatic rings. The molecule has 0 radical (unpaired) electrons. The number of hydrogen-bond donors (Lipinski definition) is 0. The fourth-order valence-electron chi connectivity index (χ4n) is 3.33. The second-order valence-corrected chi connectivity index (χ2v) is 7.79. The third-order valence-electron chi connectivity index (χ3n) is 4.48. The Morgan fingerprint density at radius 1 is 1.21 bits per heavy atom. The SMILES string of the molecule is CC1(C)Cc2c(sc3nc(-c4ccccc4)n4ncnc4c23)CO1. The normalized spacial score (nSPS) is 16.6. The third-order valence-corrected chi connectivity index (χ3v) is 5.58. The van der Waals surface area contributed by atoms with Crippen LogP contribution < -0.4 is 0 Å². The number of fused-ring (bicyclic) bond motifs is 5. The molecule has 6 heteroatoms. The number of benzene rings is 1. The van der Waals surface area contributed by atoms with E-state index in [0.29, 0.717) is 6.61 Å². The Bertz CT molecular complexity index is 1060. The zero-order valence-electron chi connectivity index (χ0n) is 13.5. The summed E-state index contributed by atoms with van der Waals surface area (Å²) in [6.07, 6.45) is 2.48. The molecular weight excluding hydrogens is 320 g/mol. The number of aromatic nitrogens is 4. The van der Waals surface area contributed by atoms with Crippen molar-refractivity contribution >= 4 is 27.2 Å². The highest BCUT2D eigenvalue weighted by Crippen LogP contribution is 2.40. The van der Waals surface area contributed by atoms with Gasteiger partial charge < -0.3 is 4.74 Å². The Morgan fingerprint density at radius 3 is 2.88 bits per heavy atom. The second kappa shape index (κ2) is 4.84. The van der Waals surface area contributed by atoms with Crippen LogP contribution in [0.25, 0.3) is 27.3 Å². The van der Waals surface area contributed by atoms with Crippen LogP contribution in [0.3, 0.4) is 0 Å². The second-order valence-electron chi connectivity index (χ2n) is 6.71. The van der Waals surface area contributed by atoms with Crippen LogP contribution in [0.4, 0.5) is 0 Å². The average molecular weight is 336 g/mol. The van der Waals surface area contributed by atoms with Gasteiger partial charge in [-0.05, 0) is 19.4 Å². The largest absolute Gasteiger partial charge is 0.370 e. The molecule has 0 fully saturated rings. The van der Waals surface area contributed by atoms with Gasteiger partial charge in [-0.3, -0.25) is 0 Å². The first-order chi connectivity index (χ1) is 11.6. The first kappa shape index (κ1) is 14.1. The van der Waals surface area contributed by atoms with Crippen molar-refractivity contribution in [2.75, 3.05) is 0 Å². The average Bonchev–Trinajstić information content (AvgIpc) is 3.17. The molecule has 0 bridgehead atoms. The van der Waals surface area contributed by atoms with Crippen LogP contribution in [0.1, 0.15) is 24.3 Å². The van der Waals surface area contributed by atoms with E-state index in [-0.39, 0.29) is 5.60 Å². The molecule has 0 saturated carbocycles. The van der Waals surface area contributed by atoms with Crippen LogP contribution in [-0.4, -0.2) is 25.2 Å². The highest BCUT2D eigenvalue weighted by atomic mass is 32.1. The van der Waals surface area contributed by atoms with Crippen molar-refractivity contribution in [3.05, 3.63) is 47.1 Å². The summed E-state index contributed by atoms with van der Waals surface area (Å²) in [6.45, 7) is 4.91. The van der Waals surface area contributed by atoms with Crippen molar-refractivity contribution in [2.24, 2.45) is 0 Å². The van der Waals surface area contributed by atoms with Gasteiger partial charge in [0.1, 0.15) is 11.2 Å². The quantitative estimate of drug-likeness (QED) is 0.530. The minimum Gasteiger partial charge on any atom is -0.370 e. The van der Waals surface area contributed by atoms with Gasteiger partial charge in [0.15, 0.2) is 11.5 Å². The molecule has 3 aromatic heterocycles.